The fourth-order valence-corrected chi connectivity index (χ4v) is 4.24. The number of nitrogens with one attached hydrogen (secondary N) is 1. The minimum absolute atomic E-state index is 0.00458. The zero-order chi connectivity index (χ0) is 15.8. The zero-order valence-electron chi connectivity index (χ0n) is 11.1. The normalized spacial score (nSPS) is 24.7. The van der Waals surface area contributed by atoms with Crippen LogP contribution in [0.5, 0.6) is 0 Å². The Hall–Kier alpha value is -1.47. The molecule has 0 aliphatic heterocycles. The molecule has 2 unspecified atom stereocenters. The molecule has 114 valence electrons. The summed E-state index contributed by atoms with van der Waals surface area (Å²) < 4.78 is 27.8. The van der Waals surface area contributed by atoms with Crippen molar-refractivity contribution < 1.29 is 8.42 Å². The van der Waals surface area contributed by atoms with Crippen LogP contribution in [0.1, 0.15) is 0 Å². The van der Waals surface area contributed by atoms with Crippen molar-refractivity contribution in [1.82, 2.24) is 14.7 Å². The van der Waals surface area contributed by atoms with Crippen molar-refractivity contribution in [2.45, 2.75) is 15.3 Å². The summed E-state index contributed by atoms with van der Waals surface area (Å²) in [5.41, 5.74) is 0.759. The van der Waals surface area contributed by atoms with Gasteiger partial charge in [0.1, 0.15) is 15.4 Å². The summed E-state index contributed by atoms with van der Waals surface area (Å²) >= 11 is 12.4. The first-order chi connectivity index (χ1) is 10.4. The number of aromatic nitrogens is 2. The molecule has 0 fully saturated rings. The van der Waals surface area contributed by atoms with Gasteiger partial charge in [-0.15, -0.1) is 11.6 Å². The third-order valence-corrected chi connectivity index (χ3v) is 5.86. The molecule has 2 aromatic rings. The highest BCUT2D eigenvalue weighted by Gasteiger charge is 2.38. The van der Waals surface area contributed by atoms with Crippen LogP contribution < -0.4 is 4.72 Å². The number of rotatable bonds is 3. The zero-order valence-corrected chi connectivity index (χ0v) is 13.5. The molecule has 1 N–H and O–H groups in total. The molecule has 1 heterocycles. The summed E-state index contributed by atoms with van der Waals surface area (Å²) in [4.78, 5) is 6.76. The molecule has 1 aromatic carbocycles. The highest BCUT2D eigenvalue weighted by molar-refractivity contribution is 7.89. The summed E-state index contributed by atoms with van der Waals surface area (Å²) in [6.45, 7) is 0. The number of fused-ring (bicyclic) bond motifs is 1. The molecule has 2 atom stereocenters. The lowest BCUT2D eigenvalue weighted by molar-refractivity contribution is 0.560. The molecule has 0 spiro atoms. The summed E-state index contributed by atoms with van der Waals surface area (Å²) in [7, 11) is -3.93. The van der Waals surface area contributed by atoms with Crippen LogP contribution in [0.2, 0.25) is 0 Å². The van der Waals surface area contributed by atoms with E-state index in [-0.39, 0.29) is 10.4 Å². The molecule has 0 saturated carbocycles. The predicted molar refractivity (Wildman–Crippen MR) is 86.4 cm³/mol. The van der Waals surface area contributed by atoms with Gasteiger partial charge in [0, 0.05) is 12.4 Å². The molecule has 1 aliphatic carbocycles. The fourth-order valence-electron chi connectivity index (χ4n) is 2.12. The second-order valence-electron chi connectivity index (χ2n) is 4.70. The summed E-state index contributed by atoms with van der Waals surface area (Å²) in [5, 5.41) is -0.713. The Labute approximate surface area is 137 Å². The molecule has 1 aliphatic rings. The van der Waals surface area contributed by atoms with Gasteiger partial charge in [0.05, 0.1) is 10.9 Å². The van der Waals surface area contributed by atoms with E-state index in [0.717, 1.165) is 0 Å². The Bertz CT molecular complexity index is 877. The van der Waals surface area contributed by atoms with Crippen LogP contribution in [-0.2, 0) is 10.0 Å². The minimum atomic E-state index is -3.93. The van der Waals surface area contributed by atoms with Gasteiger partial charge in [-0.2, -0.15) is 4.72 Å². The highest BCUT2D eigenvalue weighted by Crippen LogP contribution is 2.30. The van der Waals surface area contributed by atoms with E-state index in [2.05, 4.69) is 14.7 Å². The summed E-state index contributed by atoms with van der Waals surface area (Å²) in [6.07, 6.45) is 9.39. The first kappa shape index (κ1) is 15.4. The third-order valence-electron chi connectivity index (χ3n) is 3.17. The third kappa shape index (κ3) is 2.75. The summed E-state index contributed by atoms with van der Waals surface area (Å²) in [6, 6.07) is 4.73. The number of para-hydroxylation sites is 1. The number of nitrogens with zero attached hydrogens (tertiary/aromatic N) is 2. The van der Waals surface area contributed by atoms with Crippen LogP contribution in [0.25, 0.3) is 11.0 Å². The Morgan fingerprint density at radius 2 is 1.95 bits per heavy atom. The van der Waals surface area contributed by atoms with Gasteiger partial charge in [0.2, 0.25) is 10.0 Å². The number of hydrogen-bond donors (Lipinski definition) is 1. The summed E-state index contributed by atoms with van der Waals surface area (Å²) in [5.74, 6) is 0. The largest absolute Gasteiger partial charge is 0.253 e. The van der Waals surface area contributed by atoms with Crippen molar-refractivity contribution in [2.24, 2.45) is 0 Å². The number of halogens is 2. The van der Waals surface area contributed by atoms with Crippen molar-refractivity contribution in [1.29, 1.82) is 0 Å². The monoisotopic (exact) mass is 355 g/mol. The average molecular weight is 356 g/mol. The van der Waals surface area contributed by atoms with Crippen LogP contribution in [0.3, 0.4) is 0 Å². The first-order valence-corrected chi connectivity index (χ1v) is 8.65. The molecule has 0 bridgehead atoms. The molecule has 0 amide bonds. The second kappa shape index (κ2) is 5.62. The number of hydrogen-bond acceptors (Lipinski definition) is 4. The van der Waals surface area contributed by atoms with Gasteiger partial charge in [0.25, 0.3) is 0 Å². The second-order valence-corrected chi connectivity index (χ2v) is 7.45. The van der Waals surface area contributed by atoms with Crippen LogP contribution in [0.4, 0.5) is 0 Å². The molecule has 5 nitrogen and oxygen atoms in total. The molecule has 8 heteroatoms. The number of alkyl halides is 2. The predicted octanol–water partition coefficient (Wildman–Crippen LogP) is 2.58. The smallest absolute Gasteiger partial charge is 0.244 e. The van der Waals surface area contributed by atoms with Gasteiger partial charge in [-0.05, 0) is 18.2 Å². The Kier molecular flexibility index (Phi) is 3.94. The maximum atomic E-state index is 12.7. The van der Waals surface area contributed by atoms with Crippen LogP contribution >= 0.6 is 23.2 Å². The standard InChI is InChI=1S/C14H11Cl2N3O2S/c15-12-6-1-2-7-14(12,16)19-22(20,21)11-5-3-4-10-13(11)18-9-8-17-10/h1-9,12,19H. The van der Waals surface area contributed by atoms with Crippen molar-refractivity contribution in [3.05, 3.63) is 54.9 Å². The van der Waals surface area contributed by atoms with E-state index >= 15 is 0 Å². The first-order valence-electron chi connectivity index (χ1n) is 6.35. The molecular weight excluding hydrogens is 345 g/mol. The van der Waals surface area contributed by atoms with E-state index in [1.54, 1.807) is 30.4 Å². The minimum Gasteiger partial charge on any atom is -0.253 e. The molecule has 0 radical (unpaired) electrons. The van der Waals surface area contributed by atoms with Crippen molar-refractivity contribution in [2.75, 3.05) is 0 Å². The van der Waals surface area contributed by atoms with Gasteiger partial charge < -0.3 is 0 Å². The molecule has 3 rings (SSSR count). The van der Waals surface area contributed by atoms with E-state index in [9.17, 15) is 8.42 Å². The van der Waals surface area contributed by atoms with Crippen LogP contribution in [0.15, 0.2) is 59.8 Å². The highest BCUT2D eigenvalue weighted by atomic mass is 35.5. The lowest BCUT2D eigenvalue weighted by Gasteiger charge is -2.29. The van der Waals surface area contributed by atoms with Crippen molar-refractivity contribution >= 4 is 44.3 Å². The SMILES string of the molecule is O=S(=O)(NC1(Cl)C=CC=CC1Cl)c1cccc2nccnc12. The van der Waals surface area contributed by atoms with E-state index in [1.165, 1.54) is 24.5 Å². The van der Waals surface area contributed by atoms with E-state index in [4.69, 9.17) is 23.2 Å². The molecular formula is C14H11Cl2N3O2S. The topological polar surface area (TPSA) is 72.0 Å². The van der Waals surface area contributed by atoms with Crippen molar-refractivity contribution in [3.63, 3.8) is 0 Å². The van der Waals surface area contributed by atoms with Gasteiger partial charge in [-0.1, -0.05) is 35.9 Å². The van der Waals surface area contributed by atoms with Crippen molar-refractivity contribution in [3.8, 4) is 0 Å². The van der Waals surface area contributed by atoms with Gasteiger partial charge in [0.15, 0.2) is 0 Å². The van der Waals surface area contributed by atoms with Gasteiger partial charge in [-0.25, -0.2) is 8.42 Å². The number of benzene rings is 1. The van der Waals surface area contributed by atoms with Crippen LogP contribution in [-0.4, -0.2) is 28.8 Å². The number of sulfonamides is 1. The maximum Gasteiger partial charge on any atom is 0.244 e. The Balaban J connectivity index is 2.06. The average Bonchev–Trinajstić information content (AvgIpc) is 2.49. The molecule has 22 heavy (non-hydrogen) atoms. The molecule has 0 saturated heterocycles. The maximum absolute atomic E-state index is 12.7. The van der Waals surface area contributed by atoms with Gasteiger partial charge >= 0.3 is 0 Å². The van der Waals surface area contributed by atoms with Crippen LogP contribution in [0, 0.1) is 0 Å². The van der Waals surface area contributed by atoms with E-state index in [0.29, 0.717) is 5.52 Å². The fraction of sp³-hybridized carbons (Fsp3) is 0.143. The molecule has 1 aromatic heterocycles. The Morgan fingerprint density at radius 1 is 1.18 bits per heavy atom. The number of allylic oxidation sites excluding steroid dienone is 2. The van der Waals surface area contributed by atoms with Gasteiger partial charge in [-0.3, -0.25) is 9.97 Å². The lowest BCUT2D eigenvalue weighted by atomic mass is 10.1. The quantitative estimate of drug-likeness (QED) is 0.678. The lowest BCUT2D eigenvalue weighted by Crippen LogP contribution is -2.48. The van der Waals surface area contributed by atoms with E-state index in [1.807, 2.05) is 0 Å². The van der Waals surface area contributed by atoms with E-state index < -0.39 is 20.4 Å². The Morgan fingerprint density at radius 3 is 2.73 bits per heavy atom.